The molecule has 1 aromatic rings. The summed E-state index contributed by atoms with van der Waals surface area (Å²) in [4.78, 5) is 28.6. The third-order valence-electron chi connectivity index (χ3n) is 3.58. The largest absolute Gasteiger partial charge is 0.481 e. The molecular formula is C13H20N2O3S. The van der Waals surface area contributed by atoms with E-state index < -0.39 is 11.4 Å². The van der Waals surface area contributed by atoms with Gasteiger partial charge in [-0.2, -0.15) is 0 Å². The number of rotatable bonds is 6. The zero-order valence-electron chi connectivity index (χ0n) is 11.7. The van der Waals surface area contributed by atoms with Crippen LogP contribution in [0.15, 0.2) is 0 Å². The summed E-state index contributed by atoms with van der Waals surface area (Å²) in [7, 11) is 0. The van der Waals surface area contributed by atoms with Crippen molar-refractivity contribution in [1.82, 2.24) is 4.98 Å². The van der Waals surface area contributed by atoms with Crippen molar-refractivity contribution in [3.8, 4) is 0 Å². The Morgan fingerprint density at radius 2 is 1.89 bits per heavy atom. The number of aryl methyl sites for hydroxylation is 2. The van der Waals surface area contributed by atoms with Crippen LogP contribution in [0.3, 0.4) is 0 Å². The van der Waals surface area contributed by atoms with Crippen LogP contribution in [0.4, 0.5) is 5.13 Å². The van der Waals surface area contributed by atoms with Gasteiger partial charge in [0.25, 0.3) is 0 Å². The molecule has 19 heavy (non-hydrogen) atoms. The van der Waals surface area contributed by atoms with Gasteiger partial charge in [0.1, 0.15) is 0 Å². The average Bonchev–Trinajstić information content (AvgIpc) is 2.64. The molecule has 106 valence electrons. The predicted octanol–water partition coefficient (Wildman–Crippen LogP) is 2.98. The van der Waals surface area contributed by atoms with E-state index in [0.717, 1.165) is 10.6 Å². The second-order valence-electron chi connectivity index (χ2n) is 4.68. The lowest BCUT2D eigenvalue weighted by molar-refractivity contribution is -0.151. The Hall–Kier alpha value is -1.43. The van der Waals surface area contributed by atoms with Crippen LogP contribution < -0.4 is 5.32 Å². The maximum atomic E-state index is 12.0. The van der Waals surface area contributed by atoms with Gasteiger partial charge in [0.15, 0.2) is 5.13 Å². The number of aliphatic carboxylic acids is 1. The van der Waals surface area contributed by atoms with Gasteiger partial charge in [-0.1, -0.05) is 13.8 Å². The number of thiazole rings is 1. The van der Waals surface area contributed by atoms with Crippen LogP contribution in [-0.4, -0.2) is 22.0 Å². The lowest BCUT2D eigenvalue weighted by Gasteiger charge is -2.25. The molecule has 0 saturated heterocycles. The Morgan fingerprint density at radius 1 is 1.32 bits per heavy atom. The molecular weight excluding hydrogens is 264 g/mol. The molecule has 1 rings (SSSR count). The first kappa shape index (κ1) is 15.6. The topological polar surface area (TPSA) is 79.3 Å². The highest BCUT2D eigenvalue weighted by molar-refractivity contribution is 7.15. The van der Waals surface area contributed by atoms with Crippen LogP contribution in [-0.2, 0) is 9.59 Å². The van der Waals surface area contributed by atoms with Crippen LogP contribution >= 0.6 is 11.3 Å². The number of aromatic nitrogens is 1. The van der Waals surface area contributed by atoms with E-state index in [1.54, 1.807) is 13.8 Å². The van der Waals surface area contributed by atoms with E-state index in [-0.39, 0.29) is 12.3 Å². The van der Waals surface area contributed by atoms with Crippen molar-refractivity contribution >= 4 is 28.3 Å². The number of amides is 1. The van der Waals surface area contributed by atoms with Gasteiger partial charge in [0.05, 0.1) is 11.1 Å². The van der Waals surface area contributed by atoms with E-state index in [2.05, 4.69) is 10.3 Å². The van der Waals surface area contributed by atoms with Gasteiger partial charge in [-0.3, -0.25) is 9.59 Å². The number of carbonyl (C=O) groups excluding carboxylic acids is 1. The summed E-state index contributed by atoms with van der Waals surface area (Å²) in [6.07, 6.45) is 0.845. The summed E-state index contributed by atoms with van der Waals surface area (Å²) < 4.78 is 0. The minimum Gasteiger partial charge on any atom is -0.481 e. The Labute approximate surface area is 117 Å². The second kappa shape index (κ2) is 6.14. The van der Waals surface area contributed by atoms with Crippen molar-refractivity contribution < 1.29 is 14.7 Å². The van der Waals surface area contributed by atoms with E-state index in [1.807, 2.05) is 13.8 Å². The number of nitrogens with zero attached hydrogens (tertiary/aromatic N) is 1. The number of carbonyl (C=O) groups is 2. The highest BCUT2D eigenvalue weighted by Crippen LogP contribution is 2.31. The first-order chi connectivity index (χ1) is 8.84. The Bertz CT molecular complexity index is 459. The zero-order chi connectivity index (χ0) is 14.6. The summed E-state index contributed by atoms with van der Waals surface area (Å²) in [5, 5.41) is 12.5. The third-order valence-corrected chi connectivity index (χ3v) is 4.57. The molecule has 0 atom stereocenters. The summed E-state index contributed by atoms with van der Waals surface area (Å²) >= 11 is 1.40. The molecule has 6 heteroatoms. The van der Waals surface area contributed by atoms with Gasteiger partial charge in [0, 0.05) is 11.3 Å². The van der Waals surface area contributed by atoms with Crippen LogP contribution in [0, 0.1) is 19.3 Å². The lowest BCUT2D eigenvalue weighted by Crippen LogP contribution is -2.34. The molecule has 0 unspecified atom stereocenters. The van der Waals surface area contributed by atoms with Crippen molar-refractivity contribution in [2.75, 3.05) is 5.32 Å². The van der Waals surface area contributed by atoms with E-state index in [0.29, 0.717) is 18.0 Å². The number of hydrogen-bond donors (Lipinski definition) is 2. The Kier molecular flexibility index (Phi) is 5.05. The number of anilines is 1. The third kappa shape index (κ3) is 3.53. The van der Waals surface area contributed by atoms with Crippen molar-refractivity contribution in [1.29, 1.82) is 0 Å². The number of carboxylic acid groups (broad SMARTS) is 1. The fraction of sp³-hybridized carbons (Fsp3) is 0.615. The minimum absolute atomic E-state index is 0.0208. The van der Waals surface area contributed by atoms with Crippen molar-refractivity contribution in [2.24, 2.45) is 5.41 Å². The maximum Gasteiger partial charge on any atom is 0.310 e. The maximum absolute atomic E-state index is 12.0. The fourth-order valence-corrected chi connectivity index (χ4v) is 2.71. The normalized spacial score (nSPS) is 11.4. The lowest BCUT2D eigenvalue weighted by atomic mass is 9.79. The summed E-state index contributed by atoms with van der Waals surface area (Å²) in [6.45, 7) is 7.40. The highest BCUT2D eigenvalue weighted by atomic mass is 32.1. The van der Waals surface area contributed by atoms with Crippen molar-refractivity contribution in [3.63, 3.8) is 0 Å². The summed E-state index contributed by atoms with van der Waals surface area (Å²) in [6, 6.07) is 0. The zero-order valence-corrected chi connectivity index (χ0v) is 12.6. The molecule has 1 aromatic heterocycles. The minimum atomic E-state index is -0.981. The van der Waals surface area contributed by atoms with Crippen molar-refractivity contribution in [3.05, 3.63) is 10.6 Å². The van der Waals surface area contributed by atoms with Gasteiger partial charge < -0.3 is 10.4 Å². The number of nitrogens with one attached hydrogen (secondary N) is 1. The predicted molar refractivity (Wildman–Crippen MR) is 75.5 cm³/mol. The van der Waals surface area contributed by atoms with Crippen molar-refractivity contribution in [2.45, 2.75) is 47.0 Å². The smallest absolute Gasteiger partial charge is 0.310 e. The molecule has 0 aliphatic heterocycles. The Morgan fingerprint density at radius 3 is 2.26 bits per heavy atom. The molecule has 0 aliphatic carbocycles. The quantitative estimate of drug-likeness (QED) is 0.841. The number of carboxylic acids is 1. The van der Waals surface area contributed by atoms with Gasteiger partial charge >= 0.3 is 5.97 Å². The second-order valence-corrected chi connectivity index (χ2v) is 5.88. The molecule has 0 aliphatic rings. The molecule has 1 amide bonds. The molecule has 5 nitrogen and oxygen atoms in total. The van der Waals surface area contributed by atoms with Crippen LogP contribution in [0.25, 0.3) is 0 Å². The summed E-state index contributed by atoms with van der Waals surface area (Å²) in [5.74, 6) is -1.21. The van der Waals surface area contributed by atoms with E-state index in [4.69, 9.17) is 0 Å². The molecule has 0 fully saturated rings. The number of hydrogen-bond acceptors (Lipinski definition) is 4. The first-order valence-electron chi connectivity index (χ1n) is 6.32. The van der Waals surface area contributed by atoms with Crippen LogP contribution in [0.5, 0.6) is 0 Å². The molecule has 0 saturated carbocycles. The van der Waals surface area contributed by atoms with E-state index >= 15 is 0 Å². The molecule has 0 bridgehead atoms. The van der Waals surface area contributed by atoms with Gasteiger partial charge in [0.2, 0.25) is 5.91 Å². The summed E-state index contributed by atoms with van der Waals surface area (Å²) in [5.41, 5.74) is -0.0957. The molecule has 1 heterocycles. The van der Waals surface area contributed by atoms with E-state index in [1.165, 1.54) is 11.3 Å². The average molecular weight is 284 g/mol. The molecule has 0 spiro atoms. The monoisotopic (exact) mass is 284 g/mol. The molecule has 0 aromatic carbocycles. The molecule has 0 radical (unpaired) electrons. The van der Waals surface area contributed by atoms with Crippen LogP contribution in [0.1, 0.15) is 43.7 Å². The standard InChI is InChI=1S/C13H20N2O3S/c1-5-13(6-2,11(17)18)7-10(16)15-12-14-8(3)9(4)19-12/h5-7H2,1-4H3,(H,17,18)(H,14,15,16). The Balaban J connectivity index is 2.76. The SMILES string of the molecule is CCC(CC)(CC(=O)Nc1nc(C)c(C)s1)C(=O)O. The first-order valence-corrected chi connectivity index (χ1v) is 7.13. The van der Waals surface area contributed by atoms with Gasteiger partial charge in [-0.05, 0) is 26.7 Å². The molecule has 2 N–H and O–H groups in total. The van der Waals surface area contributed by atoms with Gasteiger partial charge in [-0.15, -0.1) is 11.3 Å². The van der Waals surface area contributed by atoms with Gasteiger partial charge in [-0.25, -0.2) is 4.98 Å². The fourth-order valence-electron chi connectivity index (χ4n) is 1.88. The van der Waals surface area contributed by atoms with Crippen LogP contribution in [0.2, 0.25) is 0 Å². The highest BCUT2D eigenvalue weighted by Gasteiger charge is 2.37. The van der Waals surface area contributed by atoms with E-state index in [9.17, 15) is 14.7 Å².